The van der Waals surface area contributed by atoms with Crippen LogP contribution in [0.5, 0.6) is 0 Å². The maximum Gasteiger partial charge on any atom is 0.253 e. The number of rotatable bonds is 3. The van der Waals surface area contributed by atoms with Gasteiger partial charge in [-0.2, -0.15) is 5.26 Å². The lowest BCUT2D eigenvalue weighted by Crippen LogP contribution is -2.49. The first-order valence-electron chi connectivity index (χ1n) is 7.18. The average molecular weight is 414 g/mol. The molecule has 1 amide bonds. The fourth-order valence-electron chi connectivity index (χ4n) is 2.80. The van der Waals surface area contributed by atoms with E-state index in [1.54, 1.807) is 6.07 Å². The molecule has 0 heterocycles. The van der Waals surface area contributed by atoms with E-state index >= 15 is 0 Å². The molecule has 5 heteroatoms. The summed E-state index contributed by atoms with van der Waals surface area (Å²) in [7, 11) is 0. The molecular weight excluding hydrogens is 396 g/mol. The van der Waals surface area contributed by atoms with Crippen molar-refractivity contribution >= 4 is 37.8 Å². The van der Waals surface area contributed by atoms with Crippen molar-refractivity contribution < 1.29 is 4.79 Å². The molecule has 21 heavy (non-hydrogen) atoms. The normalized spacial score (nSPS) is 25.1. The zero-order valence-corrected chi connectivity index (χ0v) is 15.1. The summed E-state index contributed by atoms with van der Waals surface area (Å²) in [5.41, 5.74) is -0.152. The van der Waals surface area contributed by atoms with E-state index < -0.39 is 5.54 Å². The molecule has 1 N–H and O–H groups in total. The first-order valence-corrected chi connectivity index (χ1v) is 8.77. The Hall–Kier alpha value is -0.860. The van der Waals surface area contributed by atoms with Gasteiger partial charge in [-0.05, 0) is 65.7 Å². The molecule has 0 aromatic heterocycles. The van der Waals surface area contributed by atoms with Gasteiger partial charge in [0.25, 0.3) is 5.91 Å². The Labute approximate surface area is 142 Å². The van der Waals surface area contributed by atoms with Gasteiger partial charge in [-0.1, -0.05) is 29.3 Å². The highest BCUT2D eigenvalue weighted by atomic mass is 79.9. The number of halogens is 2. The standard InChI is InChI=1S/C16H18Br2N2O/c1-2-11-5-7-16(10-19,8-6-11)20-15(21)13-4-3-12(17)9-14(13)18/h3-4,9,11H,2,5-8H2,1H3,(H,20,21). The van der Waals surface area contributed by atoms with Gasteiger partial charge < -0.3 is 5.32 Å². The Morgan fingerprint density at radius 2 is 2.10 bits per heavy atom. The average Bonchev–Trinajstić information content (AvgIpc) is 2.47. The predicted octanol–water partition coefficient (Wildman–Crippen LogP) is 4.80. The van der Waals surface area contributed by atoms with Crippen molar-refractivity contribution in [1.29, 1.82) is 5.26 Å². The first-order chi connectivity index (χ1) is 9.99. The number of hydrogen-bond donors (Lipinski definition) is 1. The quantitative estimate of drug-likeness (QED) is 0.773. The van der Waals surface area contributed by atoms with E-state index in [9.17, 15) is 10.1 Å². The molecule has 0 saturated heterocycles. The number of benzene rings is 1. The van der Waals surface area contributed by atoms with E-state index in [4.69, 9.17) is 0 Å². The van der Waals surface area contributed by atoms with E-state index in [-0.39, 0.29) is 5.91 Å². The number of hydrogen-bond acceptors (Lipinski definition) is 2. The van der Waals surface area contributed by atoms with Crippen LogP contribution in [-0.4, -0.2) is 11.4 Å². The lowest BCUT2D eigenvalue weighted by Gasteiger charge is -2.35. The molecular formula is C16H18Br2N2O. The molecule has 1 saturated carbocycles. The molecule has 0 spiro atoms. The van der Waals surface area contributed by atoms with Crippen LogP contribution in [-0.2, 0) is 0 Å². The molecule has 0 unspecified atom stereocenters. The summed E-state index contributed by atoms with van der Waals surface area (Å²) in [6.45, 7) is 2.18. The van der Waals surface area contributed by atoms with Crippen LogP contribution in [0, 0.1) is 17.2 Å². The highest BCUT2D eigenvalue weighted by molar-refractivity contribution is 9.11. The third-order valence-electron chi connectivity index (χ3n) is 4.28. The summed E-state index contributed by atoms with van der Waals surface area (Å²) >= 11 is 6.77. The monoisotopic (exact) mass is 412 g/mol. The molecule has 0 aliphatic heterocycles. The van der Waals surface area contributed by atoms with Crippen molar-refractivity contribution in [3.63, 3.8) is 0 Å². The summed E-state index contributed by atoms with van der Waals surface area (Å²) < 4.78 is 1.63. The number of nitrogens with one attached hydrogen (secondary N) is 1. The molecule has 1 aliphatic carbocycles. The number of nitriles is 1. The van der Waals surface area contributed by atoms with Gasteiger partial charge in [0, 0.05) is 8.95 Å². The minimum Gasteiger partial charge on any atom is -0.334 e. The van der Waals surface area contributed by atoms with E-state index in [2.05, 4.69) is 50.2 Å². The molecule has 1 fully saturated rings. The zero-order chi connectivity index (χ0) is 15.5. The van der Waals surface area contributed by atoms with Gasteiger partial charge in [0.2, 0.25) is 0 Å². The van der Waals surface area contributed by atoms with Gasteiger partial charge in [0.15, 0.2) is 0 Å². The summed E-state index contributed by atoms with van der Waals surface area (Å²) in [5.74, 6) is 0.494. The Morgan fingerprint density at radius 3 is 2.62 bits per heavy atom. The molecule has 3 nitrogen and oxygen atoms in total. The van der Waals surface area contributed by atoms with Crippen molar-refractivity contribution in [2.45, 2.75) is 44.6 Å². The van der Waals surface area contributed by atoms with Gasteiger partial charge in [0.1, 0.15) is 5.54 Å². The van der Waals surface area contributed by atoms with E-state index in [0.717, 1.165) is 41.0 Å². The Balaban J connectivity index is 2.12. The molecule has 1 aromatic rings. The third kappa shape index (κ3) is 3.87. The molecule has 2 rings (SSSR count). The molecule has 112 valence electrons. The van der Waals surface area contributed by atoms with Crippen LogP contribution in [0.4, 0.5) is 0 Å². The van der Waals surface area contributed by atoms with Crippen molar-refractivity contribution in [3.8, 4) is 6.07 Å². The number of carbonyl (C=O) groups excluding carboxylic acids is 1. The van der Waals surface area contributed by atoms with Crippen LogP contribution in [0.1, 0.15) is 49.4 Å². The highest BCUT2D eigenvalue weighted by Crippen LogP contribution is 2.34. The van der Waals surface area contributed by atoms with Crippen LogP contribution in [0.25, 0.3) is 0 Å². The van der Waals surface area contributed by atoms with Gasteiger partial charge in [-0.3, -0.25) is 4.79 Å². The maximum atomic E-state index is 12.5. The van der Waals surface area contributed by atoms with E-state index in [0.29, 0.717) is 11.5 Å². The largest absolute Gasteiger partial charge is 0.334 e. The minimum atomic E-state index is -0.713. The first kappa shape index (κ1) is 16.5. The molecule has 0 bridgehead atoms. The topological polar surface area (TPSA) is 52.9 Å². The Morgan fingerprint density at radius 1 is 1.43 bits per heavy atom. The van der Waals surface area contributed by atoms with Crippen molar-refractivity contribution in [1.82, 2.24) is 5.32 Å². The van der Waals surface area contributed by atoms with Gasteiger partial charge >= 0.3 is 0 Å². The molecule has 0 radical (unpaired) electrons. The summed E-state index contributed by atoms with van der Waals surface area (Å²) in [6.07, 6.45) is 4.63. The van der Waals surface area contributed by atoms with Gasteiger partial charge in [-0.15, -0.1) is 0 Å². The fourth-order valence-corrected chi connectivity index (χ4v) is 4.03. The van der Waals surface area contributed by atoms with E-state index in [1.807, 2.05) is 12.1 Å². The van der Waals surface area contributed by atoms with Crippen LogP contribution < -0.4 is 5.32 Å². The lowest BCUT2D eigenvalue weighted by atomic mass is 9.76. The highest BCUT2D eigenvalue weighted by Gasteiger charge is 2.36. The van der Waals surface area contributed by atoms with E-state index in [1.165, 1.54) is 0 Å². The van der Waals surface area contributed by atoms with Crippen LogP contribution in [0.2, 0.25) is 0 Å². The van der Waals surface area contributed by atoms with Crippen molar-refractivity contribution in [2.75, 3.05) is 0 Å². The van der Waals surface area contributed by atoms with Gasteiger partial charge in [0.05, 0.1) is 11.6 Å². The third-order valence-corrected chi connectivity index (χ3v) is 5.43. The lowest BCUT2D eigenvalue weighted by molar-refractivity contribution is 0.0890. The fraction of sp³-hybridized carbons (Fsp3) is 0.500. The Kier molecular flexibility index (Phi) is 5.45. The smallest absolute Gasteiger partial charge is 0.253 e. The summed E-state index contributed by atoms with van der Waals surface area (Å²) in [6, 6.07) is 7.75. The predicted molar refractivity (Wildman–Crippen MR) is 89.9 cm³/mol. The second-order valence-corrected chi connectivity index (χ2v) is 7.39. The second-order valence-electron chi connectivity index (χ2n) is 5.62. The van der Waals surface area contributed by atoms with Crippen LogP contribution >= 0.6 is 31.9 Å². The zero-order valence-electron chi connectivity index (χ0n) is 12.0. The van der Waals surface area contributed by atoms with Gasteiger partial charge in [-0.25, -0.2) is 0 Å². The van der Waals surface area contributed by atoms with Crippen molar-refractivity contribution in [3.05, 3.63) is 32.7 Å². The van der Waals surface area contributed by atoms with Crippen LogP contribution in [0.15, 0.2) is 27.1 Å². The van der Waals surface area contributed by atoms with Crippen molar-refractivity contribution in [2.24, 2.45) is 5.92 Å². The Bertz CT molecular complexity index is 572. The van der Waals surface area contributed by atoms with Crippen LogP contribution in [0.3, 0.4) is 0 Å². The number of carbonyl (C=O) groups is 1. The summed E-state index contributed by atoms with van der Waals surface area (Å²) in [4.78, 5) is 12.5. The molecule has 1 aliphatic rings. The molecule has 1 aromatic carbocycles. The maximum absolute atomic E-state index is 12.5. The number of nitrogens with zero attached hydrogens (tertiary/aromatic N) is 1. The second kappa shape index (κ2) is 6.93. The SMILES string of the molecule is CCC1CCC(C#N)(NC(=O)c2ccc(Br)cc2Br)CC1. The minimum absolute atomic E-state index is 0.189. The molecule has 0 atom stereocenters. The summed E-state index contributed by atoms with van der Waals surface area (Å²) in [5, 5.41) is 12.5. The number of amides is 1.